The Hall–Kier alpha value is -2.15. The van der Waals surface area contributed by atoms with E-state index in [9.17, 15) is 9.59 Å². The van der Waals surface area contributed by atoms with Gasteiger partial charge in [0.2, 0.25) is 5.91 Å². The predicted molar refractivity (Wildman–Crippen MR) is 110 cm³/mol. The number of aromatic nitrogens is 1. The number of halogens is 2. The molecule has 0 aliphatic heterocycles. The zero-order chi connectivity index (χ0) is 19.6. The van der Waals surface area contributed by atoms with Gasteiger partial charge in [-0.15, -0.1) is 11.3 Å². The molecule has 1 heterocycles. The third-order valence-corrected chi connectivity index (χ3v) is 5.97. The first kappa shape index (κ1) is 19.6. The van der Waals surface area contributed by atoms with Gasteiger partial charge in [-0.25, -0.2) is 4.98 Å². The van der Waals surface area contributed by atoms with E-state index in [-0.39, 0.29) is 29.1 Å². The molecule has 0 saturated carbocycles. The van der Waals surface area contributed by atoms with Gasteiger partial charge in [0, 0.05) is 12.1 Å². The molecule has 3 rings (SSSR count). The van der Waals surface area contributed by atoms with E-state index in [2.05, 4.69) is 10.3 Å². The fraction of sp³-hybridized carbons (Fsp3) is 0.211. The number of nitrogens with zero attached hydrogens (tertiary/aromatic N) is 2. The minimum absolute atomic E-state index is 0.135. The summed E-state index contributed by atoms with van der Waals surface area (Å²) in [5.74, 6) is -0.647. The molecule has 140 valence electrons. The molecule has 0 aliphatic rings. The average Bonchev–Trinajstić information content (AvgIpc) is 3.08. The summed E-state index contributed by atoms with van der Waals surface area (Å²) < 4.78 is 1.07. The summed E-state index contributed by atoms with van der Waals surface area (Å²) >= 11 is 13.4. The number of amides is 2. The van der Waals surface area contributed by atoms with Gasteiger partial charge in [0.25, 0.3) is 5.91 Å². The third kappa shape index (κ3) is 4.40. The number of fused-ring (bicyclic) bond motifs is 1. The highest BCUT2D eigenvalue weighted by Crippen LogP contribution is 2.28. The molecule has 0 unspecified atom stereocenters. The van der Waals surface area contributed by atoms with Crippen LogP contribution in [0.25, 0.3) is 10.2 Å². The number of thiazole rings is 1. The van der Waals surface area contributed by atoms with Gasteiger partial charge in [-0.05, 0) is 37.3 Å². The Morgan fingerprint density at radius 1 is 1.22 bits per heavy atom. The van der Waals surface area contributed by atoms with Gasteiger partial charge in [-0.1, -0.05) is 35.3 Å². The lowest BCUT2D eigenvalue weighted by Gasteiger charge is -2.23. The van der Waals surface area contributed by atoms with E-state index in [1.54, 1.807) is 29.4 Å². The Labute approximate surface area is 170 Å². The summed E-state index contributed by atoms with van der Waals surface area (Å²) in [6, 6.07) is 12.2. The second-order valence-electron chi connectivity index (χ2n) is 6.01. The highest BCUT2D eigenvalue weighted by atomic mass is 35.5. The maximum atomic E-state index is 12.5. The van der Waals surface area contributed by atoms with Crippen LogP contribution in [-0.4, -0.2) is 35.3 Å². The number of carbonyl (C=O) groups excluding carboxylic acids is 2. The molecule has 27 heavy (non-hydrogen) atoms. The quantitative estimate of drug-likeness (QED) is 0.656. The average molecular weight is 422 g/mol. The number of carbonyl (C=O) groups is 2. The Morgan fingerprint density at radius 3 is 2.67 bits per heavy atom. The Bertz CT molecular complexity index is 973. The first-order valence-corrected chi connectivity index (χ1v) is 9.78. The summed E-state index contributed by atoms with van der Waals surface area (Å²) in [5.41, 5.74) is 1.19. The summed E-state index contributed by atoms with van der Waals surface area (Å²) in [4.78, 5) is 30.9. The predicted octanol–water partition coefficient (Wildman–Crippen LogP) is 4.55. The van der Waals surface area contributed by atoms with Crippen molar-refractivity contribution in [2.75, 3.05) is 13.6 Å². The molecule has 3 aromatic rings. The van der Waals surface area contributed by atoms with Crippen LogP contribution in [0.3, 0.4) is 0 Å². The Morgan fingerprint density at radius 2 is 1.96 bits per heavy atom. The zero-order valence-corrected chi connectivity index (χ0v) is 17.0. The van der Waals surface area contributed by atoms with Crippen molar-refractivity contribution in [1.29, 1.82) is 0 Å². The smallest absolute Gasteiger partial charge is 0.253 e. The summed E-state index contributed by atoms with van der Waals surface area (Å²) in [5, 5.41) is 4.13. The van der Waals surface area contributed by atoms with Crippen LogP contribution < -0.4 is 5.32 Å². The van der Waals surface area contributed by atoms with Crippen LogP contribution in [0.5, 0.6) is 0 Å². The zero-order valence-electron chi connectivity index (χ0n) is 14.7. The van der Waals surface area contributed by atoms with Crippen molar-refractivity contribution in [2.45, 2.75) is 13.0 Å². The molecule has 0 saturated heterocycles. The second kappa shape index (κ2) is 8.25. The van der Waals surface area contributed by atoms with Crippen molar-refractivity contribution < 1.29 is 9.59 Å². The lowest BCUT2D eigenvalue weighted by molar-refractivity contribution is -0.130. The Kier molecular flexibility index (Phi) is 5.99. The molecule has 0 fully saturated rings. The normalized spacial score (nSPS) is 12.0. The number of rotatable bonds is 5. The van der Waals surface area contributed by atoms with Gasteiger partial charge in [-0.2, -0.15) is 0 Å². The van der Waals surface area contributed by atoms with Gasteiger partial charge >= 0.3 is 0 Å². The molecule has 0 spiro atoms. The van der Waals surface area contributed by atoms with Crippen LogP contribution in [-0.2, 0) is 4.79 Å². The molecule has 0 bridgehead atoms. The van der Waals surface area contributed by atoms with E-state index in [1.807, 2.05) is 31.2 Å². The molecule has 0 aliphatic carbocycles. The highest BCUT2D eigenvalue weighted by molar-refractivity contribution is 7.18. The summed E-state index contributed by atoms with van der Waals surface area (Å²) in [6.07, 6.45) is 0. The van der Waals surface area contributed by atoms with Crippen molar-refractivity contribution >= 4 is 56.6 Å². The molecule has 2 aromatic carbocycles. The van der Waals surface area contributed by atoms with Gasteiger partial charge in [-0.3, -0.25) is 9.59 Å². The number of nitrogens with one attached hydrogen (secondary N) is 1. The van der Waals surface area contributed by atoms with E-state index < -0.39 is 5.91 Å². The molecule has 8 heteroatoms. The van der Waals surface area contributed by atoms with Gasteiger partial charge in [0.05, 0.1) is 33.4 Å². The standard InChI is InChI=1S/C19H17Cl2N3O2S/c1-11(19-23-15-5-3-4-6-16(15)27-19)24(2)17(25)10-22-18(26)13-8-7-12(20)9-14(13)21/h3-9,11H,10H2,1-2H3,(H,22,26)/t11-/m1/s1. The van der Waals surface area contributed by atoms with Gasteiger partial charge in [0.1, 0.15) is 5.01 Å². The van der Waals surface area contributed by atoms with Gasteiger partial charge in [0.15, 0.2) is 0 Å². The molecule has 5 nitrogen and oxygen atoms in total. The lowest BCUT2D eigenvalue weighted by atomic mass is 10.2. The van der Waals surface area contributed by atoms with Crippen molar-refractivity contribution in [3.05, 3.63) is 63.1 Å². The van der Waals surface area contributed by atoms with E-state index in [0.29, 0.717) is 5.02 Å². The monoisotopic (exact) mass is 421 g/mol. The fourth-order valence-electron chi connectivity index (χ4n) is 2.50. The minimum Gasteiger partial charge on any atom is -0.343 e. The molecular weight excluding hydrogens is 405 g/mol. The van der Waals surface area contributed by atoms with E-state index >= 15 is 0 Å². The van der Waals surface area contributed by atoms with E-state index in [0.717, 1.165) is 15.2 Å². The van der Waals surface area contributed by atoms with Crippen molar-refractivity contribution in [3.63, 3.8) is 0 Å². The maximum absolute atomic E-state index is 12.5. The molecule has 0 radical (unpaired) electrons. The third-order valence-electron chi connectivity index (χ3n) is 4.22. The fourth-order valence-corrected chi connectivity index (χ4v) is 4.06. The SMILES string of the molecule is C[C@H](c1nc2ccccc2s1)N(C)C(=O)CNC(=O)c1ccc(Cl)cc1Cl. The topological polar surface area (TPSA) is 62.3 Å². The minimum atomic E-state index is -0.425. The first-order valence-electron chi connectivity index (χ1n) is 8.21. The number of hydrogen-bond acceptors (Lipinski definition) is 4. The molecule has 1 N–H and O–H groups in total. The number of likely N-dealkylation sites (N-methyl/N-ethyl adjacent to an activating group) is 1. The lowest BCUT2D eigenvalue weighted by Crippen LogP contribution is -2.39. The van der Waals surface area contributed by atoms with Crippen LogP contribution in [0.1, 0.15) is 28.3 Å². The van der Waals surface area contributed by atoms with E-state index in [1.165, 1.54) is 12.1 Å². The summed E-state index contributed by atoms with van der Waals surface area (Å²) in [6.45, 7) is 1.77. The molecular formula is C19H17Cl2N3O2S. The molecule has 1 atom stereocenters. The Balaban J connectivity index is 1.63. The van der Waals surface area contributed by atoms with Crippen molar-refractivity contribution in [3.8, 4) is 0 Å². The van der Waals surface area contributed by atoms with Crippen LogP contribution >= 0.6 is 34.5 Å². The second-order valence-corrected chi connectivity index (χ2v) is 7.91. The van der Waals surface area contributed by atoms with Gasteiger partial charge < -0.3 is 10.2 Å². The number of para-hydroxylation sites is 1. The highest BCUT2D eigenvalue weighted by Gasteiger charge is 2.21. The number of benzene rings is 2. The van der Waals surface area contributed by atoms with Crippen LogP contribution in [0.15, 0.2) is 42.5 Å². The molecule has 2 amide bonds. The largest absolute Gasteiger partial charge is 0.343 e. The maximum Gasteiger partial charge on any atom is 0.253 e. The number of hydrogen-bond donors (Lipinski definition) is 1. The summed E-state index contributed by atoms with van der Waals surface area (Å²) in [7, 11) is 1.69. The van der Waals surface area contributed by atoms with Crippen LogP contribution in [0.2, 0.25) is 10.0 Å². The first-order chi connectivity index (χ1) is 12.9. The van der Waals surface area contributed by atoms with Crippen LogP contribution in [0, 0.1) is 0 Å². The van der Waals surface area contributed by atoms with Crippen molar-refractivity contribution in [1.82, 2.24) is 15.2 Å². The molecule has 1 aromatic heterocycles. The van der Waals surface area contributed by atoms with E-state index in [4.69, 9.17) is 23.2 Å². The van der Waals surface area contributed by atoms with Crippen molar-refractivity contribution in [2.24, 2.45) is 0 Å². The van der Waals surface area contributed by atoms with Crippen LogP contribution in [0.4, 0.5) is 0 Å².